The van der Waals surface area contributed by atoms with Crippen molar-refractivity contribution in [3.8, 4) is 0 Å². The molecule has 1 amide bonds. The van der Waals surface area contributed by atoms with Gasteiger partial charge in [0.1, 0.15) is 5.82 Å². The molecular formula is C15H20N4O2. The maximum Gasteiger partial charge on any atom is 0.295 e. The Morgan fingerprint density at radius 3 is 2.81 bits per heavy atom. The van der Waals surface area contributed by atoms with Gasteiger partial charge in [-0.25, -0.2) is 4.98 Å². The summed E-state index contributed by atoms with van der Waals surface area (Å²) in [6.45, 7) is 4.58. The Kier molecular flexibility index (Phi) is 5.05. The van der Waals surface area contributed by atoms with Crippen molar-refractivity contribution in [2.45, 2.75) is 26.2 Å². The van der Waals surface area contributed by atoms with E-state index in [4.69, 9.17) is 4.74 Å². The predicted octanol–water partition coefficient (Wildman–Crippen LogP) is 2.37. The molecule has 1 heterocycles. The van der Waals surface area contributed by atoms with E-state index >= 15 is 0 Å². The van der Waals surface area contributed by atoms with Crippen molar-refractivity contribution in [1.29, 1.82) is 0 Å². The number of para-hydroxylation sites is 1. The summed E-state index contributed by atoms with van der Waals surface area (Å²) in [5.74, 6) is 0.740. The Hall–Kier alpha value is -2.21. The van der Waals surface area contributed by atoms with Crippen molar-refractivity contribution < 1.29 is 9.53 Å². The van der Waals surface area contributed by atoms with E-state index in [1.807, 2.05) is 38.1 Å². The van der Waals surface area contributed by atoms with Crippen LogP contribution in [0.1, 0.15) is 41.8 Å². The summed E-state index contributed by atoms with van der Waals surface area (Å²) in [7, 11) is 1.66. The molecule has 0 bridgehead atoms. The molecular weight excluding hydrogens is 268 g/mol. The van der Waals surface area contributed by atoms with E-state index in [-0.39, 0.29) is 17.6 Å². The number of aromatic amines is 1. The second-order valence-corrected chi connectivity index (χ2v) is 5.05. The molecule has 0 fully saturated rings. The van der Waals surface area contributed by atoms with Gasteiger partial charge in [-0.15, -0.1) is 5.10 Å². The third-order valence-corrected chi connectivity index (χ3v) is 3.09. The van der Waals surface area contributed by atoms with Gasteiger partial charge in [0.05, 0.1) is 6.61 Å². The van der Waals surface area contributed by atoms with E-state index in [9.17, 15) is 4.79 Å². The van der Waals surface area contributed by atoms with E-state index in [0.717, 1.165) is 17.7 Å². The molecule has 0 radical (unpaired) electrons. The fourth-order valence-corrected chi connectivity index (χ4v) is 1.88. The standard InChI is InChI=1S/C15H20N4O2/c1-10(2)13-17-14(19-18-13)15(20)16-12-7-5-4-6-11(12)8-9-21-3/h4-7,10H,8-9H2,1-3H3,(H,16,20)(H,17,18,19). The molecule has 112 valence electrons. The number of aromatic nitrogens is 3. The van der Waals surface area contributed by atoms with Crippen LogP contribution in [0, 0.1) is 0 Å². The van der Waals surface area contributed by atoms with Gasteiger partial charge in [-0.1, -0.05) is 32.0 Å². The molecule has 0 spiro atoms. The van der Waals surface area contributed by atoms with Crippen LogP contribution in [-0.4, -0.2) is 34.8 Å². The molecule has 2 N–H and O–H groups in total. The Labute approximate surface area is 123 Å². The number of ether oxygens (including phenoxy) is 1. The molecule has 21 heavy (non-hydrogen) atoms. The van der Waals surface area contributed by atoms with Crippen LogP contribution in [0.15, 0.2) is 24.3 Å². The Morgan fingerprint density at radius 1 is 1.38 bits per heavy atom. The molecule has 0 unspecified atom stereocenters. The number of benzene rings is 1. The number of anilines is 1. The summed E-state index contributed by atoms with van der Waals surface area (Å²) in [4.78, 5) is 16.4. The highest BCUT2D eigenvalue weighted by Gasteiger charge is 2.15. The molecule has 0 saturated heterocycles. The number of carbonyl (C=O) groups excluding carboxylic acids is 1. The van der Waals surface area contributed by atoms with Gasteiger partial charge in [0.15, 0.2) is 0 Å². The maximum atomic E-state index is 12.2. The minimum absolute atomic E-state index is 0.153. The Balaban J connectivity index is 2.11. The SMILES string of the molecule is COCCc1ccccc1NC(=O)c1n[nH]c(C(C)C)n1. The fourth-order valence-electron chi connectivity index (χ4n) is 1.88. The van der Waals surface area contributed by atoms with Crippen molar-refractivity contribution in [2.24, 2.45) is 0 Å². The zero-order valence-electron chi connectivity index (χ0n) is 12.5. The lowest BCUT2D eigenvalue weighted by Crippen LogP contribution is -2.15. The molecule has 0 saturated carbocycles. The first-order valence-electron chi connectivity index (χ1n) is 6.92. The van der Waals surface area contributed by atoms with Gasteiger partial charge in [-0.2, -0.15) is 0 Å². The summed E-state index contributed by atoms with van der Waals surface area (Å²) < 4.78 is 5.08. The zero-order chi connectivity index (χ0) is 15.2. The van der Waals surface area contributed by atoms with E-state index in [1.54, 1.807) is 7.11 Å². The van der Waals surface area contributed by atoms with Gasteiger partial charge in [0.2, 0.25) is 5.82 Å². The number of rotatable bonds is 6. The highest BCUT2D eigenvalue weighted by Crippen LogP contribution is 2.16. The minimum Gasteiger partial charge on any atom is -0.384 e. The van der Waals surface area contributed by atoms with E-state index in [0.29, 0.717) is 12.4 Å². The van der Waals surface area contributed by atoms with Gasteiger partial charge in [-0.3, -0.25) is 9.89 Å². The molecule has 1 aromatic carbocycles. The summed E-state index contributed by atoms with van der Waals surface area (Å²) in [5.41, 5.74) is 1.78. The van der Waals surface area contributed by atoms with Gasteiger partial charge in [0, 0.05) is 18.7 Å². The van der Waals surface area contributed by atoms with Gasteiger partial charge in [-0.05, 0) is 18.1 Å². The minimum atomic E-state index is -0.317. The second kappa shape index (κ2) is 6.99. The third-order valence-electron chi connectivity index (χ3n) is 3.09. The molecule has 6 heteroatoms. The van der Waals surface area contributed by atoms with E-state index in [2.05, 4.69) is 20.5 Å². The first kappa shape index (κ1) is 15.2. The van der Waals surface area contributed by atoms with Crippen LogP contribution in [-0.2, 0) is 11.2 Å². The monoisotopic (exact) mass is 288 g/mol. The number of amides is 1. The van der Waals surface area contributed by atoms with Crippen LogP contribution in [0.3, 0.4) is 0 Å². The first-order chi connectivity index (χ1) is 10.1. The molecule has 6 nitrogen and oxygen atoms in total. The van der Waals surface area contributed by atoms with Crippen LogP contribution >= 0.6 is 0 Å². The maximum absolute atomic E-state index is 12.2. The Bertz CT molecular complexity index is 607. The molecule has 0 aliphatic carbocycles. The average molecular weight is 288 g/mol. The first-order valence-corrected chi connectivity index (χ1v) is 6.92. The van der Waals surface area contributed by atoms with Crippen LogP contribution in [0.25, 0.3) is 0 Å². The number of nitrogens with zero attached hydrogens (tertiary/aromatic N) is 2. The number of hydrogen-bond donors (Lipinski definition) is 2. The van der Waals surface area contributed by atoms with E-state index < -0.39 is 0 Å². The molecule has 0 atom stereocenters. The number of hydrogen-bond acceptors (Lipinski definition) is 4. The molecule has 2 rings (SSSR count). The van der Waals surface area contributed by atoms with Crippen LogP contribution in [0.4, 0.5) is 5.69 Å². The highest BCUT2D eigenvalue weighted by atomic mass is 16.5. The van der Waals surface area contributed by atoms with Gasteiger partial charge in [0.25, 0.3) is 5.91 Å². The van der Waals surface area contributed by atoms with Crippen molar-refractivity contribution in [2.75, 3.05) is 19.0 Å². The number of H-pyrrole nitrogens is 1. The normalized spacial score (nSPS) is 10.9. The van der Waals surface area contributed by atoms with Gasteiger partial charge < -0.3 is 10.1 Å². The second-order valence-electron chi connectivity index (χ2n) is 5.05. The average Bonchev–Trinajstić information content (AvgIpc) is 2.96. The van der Waals surface area contributed by atoms with Crippen molar-refractivity contribution in [3.63, 3.8) is 0 Å². The van der Waals surface area contributed by atoms with Crippen LogP contribution in [0.5, 0.6) is 0 Å². The van der Waals surface area contributed by atoms with Crippen molar-refractivity contribution >= 4 is 11.6 Å². The van der Waals surface area contributed by atoms with Gasteiger partial charge >= 0.3 is 0 Å². The lowest BCUT2D eigenvalue weighted by atomic mass is 10.1. The number of nitrogens with one attached hydrogen (secondary N) is 2. The Morgan fingerprint density at radius 2 is 2.14 bits per heavy atom. The lowest BCUT2D eigenvalue weighted by molar-refractivity contribution is 0.101. The lowest BCUT2D eigenvalue weighted by Gasteiger charge is -2.09. The molecule has 2 aromatic rings. The van der Waals surface area contributed by atoms with E-state index in [1.165, 1.54) is 0 Å². The number of carbonyl (C=O) groups is 1. The third kappa shape index (κ3) is 3.88. The summed E-state index contributed by atoms with van der Waals surface area (Å²) in [5, 5.41) is 9.58. The molecule has 0 aliphatic heterocycles. The molecule has 0 aliphatic rings. The zero-order valence-corrected chi connectivity index (χ0v) is 12.5. The largest absolute Gasteiger partial charge is 0.384 e. The smallest absolute Gasteiger partial charge is 0.295 e. The highest BCUT2D eigenvalue weighted by molar-refractivity contribution is 6.01. The fraction of sp³-hybridized carbons (Fsp3) is 0.400. The van der Waals surface area contributed by atoms with Crippen LogP contribution in [0.2, 0.25) is 0 Å². The number of methoxy groups -OCH3 is 1. The predicted molar refractivity (Wildman–Crippen MR) is 80.4 cm³/mol. The summed E-state index contributed by atoms with van der Waals surface area (Å²) >= 11 is 0. The summed E-state index contributed by atoms with van der Waals surface area (Å²) in [6.07, 6.45) is 0.734. The quantitative estimate of drug-likeness (QED) is 0.855. The molecule has 1 aromatic heterocycles. The summed E-state index contributed by atoms with van der Waals surface area (Å²) in [6, 6.07) is 7.64. The van der Waals surface area contributed by atoms with Crippen molar-refractivity contribution in [3.05, 3.63) is 41.5 Å². The van der Waals surface area contributed by atoms with Crippen molar-refractivity contribution in [1.82, 2.24) is 15.2 Å². The topological polar surface area (TPSA) is 79.9 Å². The van der Waals surface area contributed by atoms with Crippen LogP contribution < -0.4 is 5.32 Å².